The van der Waals surface area contributed by atoms with Crippen LogP contribution in [-0.2, 0) is 12.5 Å². The molecule has 2 aromatic carbocycles. The smallest absolute Gasteiger partial charge is 0.272 e. The summed E-state index contributed by atoms with van der Waals surface area (Å²) in [6, 6.07) is 10.6. The highest BCUT2D eigenvalue weighted by atomic mass is 79.9. The predicted octanol–water partition coefficient (Wildman–Crippen LogP) is 4.98. The van der Waals surface area contributed by atoms with Crippen LogP contribution < -0.4 is 4.74 Å². The van der Waals surface area contributed by atoms with Gasteiger partial charge in [-0.25, -0.2) is 0 Å². The molecule has 0 N–H and O–H groups in total. The normalized spacial score (nSPS) is 10.4. The van der Waals surface area contributed by atoms with Gasteiger partial charge < -0.3 is 4.74 Å². The van der Waals surface area contributed by atoms with E-state index in [2.05, 4.69) is 15.9 Å². The summed E-state index contributed by atoms with van der Waals surface area (Å²) in [6.07, 6.45) is 0. The molecule has 0 bridgehead atoms. The van der Waals surface area contributed by atoms with Crippen molar-refractivity contribution in [3.8, 4) is 5.75 Å². The average Bonchev–Trinajstić information content (AvgIpc) is 2.46. The lowest BCUT2D eigenvalue weighted by Crippen LogP contribution is -2.01. The number of ether oxygens (including phenoxy) is 1. The number of rotatable bonds is 5. The van der Waals surface area contributed by atoms with E-state index >= 15 is 0 Å². The molecule has 0 fully saturated rings. The van der Waals surface area contributed by atoms with Crippen LogP contribution in [0, 0.1) is 17.0 Å². The fourth-order valence-corrected chi connectivity index (χ4v) is 2.63. The lowest BCUT2D eigenvalue weighted by molar-refractivity contribution is -0.385. The highest BCUT2D eigenvalue weighted by molar-refractivity contribution is 9.10. The van der Waals surface area contributed by atoms with E-state index in [1.165, 1.54) is 6.07 Å². The molecule has 0 saturated carbocycles. The fourth-order valence-electron chi connectivity index (χ4n) is 1.92. The standard InChI is InChI=1S/C15H13BrClNO3/c1-10-12(3-2-4-14(10)18(19)20)9-21-15-6-5-11(8-17)7-13(15)16/h2-7H,8-9H2,1H3. The maximum absolute atomic E-state index is 10.9. The van der Waals surface area contributed by atoms with Crippen LogP contribution in [-0.4, -0.2) is 4.92 Å². The van der Waals surface area contributed by atoms with Crippen molar-refractivity contribution in [2.24, 2.45) is 0 Å². The number of benzene rings is 2. The second-order valence-electron chi connectivity index (χ2n) is 4.51. The van der Waals surface area contributed by atoms with Crippen LogP contribution in [0.4, 0.5) is 5.69 Å². The van der Waals surface area contributed by atoms with Gasteiger partial charge in [0, 0.05) is 17.5 Å². The molecule has 0 saturated heterocycles. The Kier molecular flexibility index (Phi) is 5.20. The van der Waals surface area contributed by atoms with Gasteiger partial charge in [-0.05, 0) is 46.1 Å². The highest BCUT2D eigenvalue weighted by Crippen LogP contribution is 2.28. The van der Waals surface area contributed by atoms with Gasteiger partial charge in [-0.15, -0.1) is 11.6 Å². The van der Waals surface area contributed by atoms with Crippen molar-refractivity contribution in [2.45, 2.75) is 19.4 Å². The monoisotopic (exact) mass is 369 g/mol. The number of nitrogens with zero attached hydrogens (tertiary/aromatic N) is 1. The van der Waals surface area contributed by atoms with Crippen molar-refractivity contribution in [2.75, 3.05) is 0 Å². The largest absolute Gasteiger partial charge is 0.488 e. The van der Waals surface area contributed by atoms with E-state index in [-0.39, 0.29) is 17.2 Å². The summed E-state index contributed by atoms with van der Waals surface area (Å²) < 4.78 is 6.53. The van der Waals surface area contributed by atoms with Crippen molar-refractivity contribution in [1.29, 1.82) is 0 Å². The van der Waals surface area contributed by atoms with E-state index in [1.807, 2.05) is 24.3 Å². The molecular weight excluding hydrogens is 358 g/mol. The fraction of sp³-hybridized carbons (Fsp3) is 0.200. The molecule has 0 atom stereocenters. The zero-order chi connectivity index (χ0) is 15.4. The third-order valence-electron chi connectivity index (χ3n) is 3.15. The van der Waals surface area contributed by atoms with E-state index in [9.17, 15) is 10.1 Å². The van der Waals surface area contributed by atoms with Gasteiger partial charge in [0.25, 0.3) is 5.69 Å². The van der Waals surface area contributed by atoms with Gasteiger partial charge in [-0.3, -0.25) is 10.1 Å². The van der Waals surface area contributed by atoms with Crippen molar-refractivity contribution in [1.82, 2.24) is 0 Å². The molecule has 6 heteroatoms. The lowest BCUT2D eigenvalue weighted by Gasteiger charge is -2.11. The van der Waals surface area contributed by atoms with Gasteiger partial charge in [0.2, 0.25) is 0 Å². The zero-order valence-corrected chi connectivity index (χ0v) is 13.6. The first-order valence-corrected chi connectivity index (χ1v) is 7.55. The van der Waals surface area contributed by atoms with Crippen molar-refractivity contribution >= 4 is 33.2 Å². The summed E-state index contributed by atoms with van der Waals surface area (Å²) in [7, 11) is 0. The number of halogens is 2. The first kappa shape index (κ1) is 15.8. The predicted molar refractivity (Wildman–Crippen MR) is 85.9 cm³/mol. The molecule has 0 aliphatic heterocycles. The van der Waals surface area contributed by atoms with Gasteiger partial charge in [0.15, 0.2) is 0 Å². The summed E-state index contributed by atoms with van der Waals surface area (Å²) in [5.41, 5.74) is 2.50. The van der Waals surface area contributed by atoms with Crippen LogP contribution in [0.2, 0.25) is 0 Å². The van der Waals surface area contributed by atoms with Crippen LogP contribution in [0.3, 0.4) is 0 Å². The Morgan fingerprint density at radius 1 is 1.33 bits per heavy atom. The molecule has 0 unspecified atom stereocenters. The minimum atomic E-state index is -0.385. The Bertz CT molecular complexity index is 676. The quantitative estimate of drug-likeness (QED) is 0.423. The molecule has 2 aromatic rings. The van der Waals surface area contributed by atoms with Crippen LogP contribution in [0.15, 0.2) is 40.9 Å². The molecule has 0 heterocycles. The maximum Gasteiger partial charge on any atom is 0.272 e. The van der Waals surface area contributed by atoms with E-state index in [4.69, 9.17) is 16.3 Å². The van der Waals surface area contributed by atoms with E-state index < -0.39 is 0 Å². The molecule has 21 heavy (non-hydrogen) atoms. The van der Waals surface area contributed by atoms with Crippen molar-refractivity contribution in [3.63, 3.8) is 0 Å². The molecule has 0 aliphatic rings. The van der Waals surface area contributed by atoms with Gasteiger partial charge in [-0.1, -0.05) is 18.2 Å². The van der Waals surface area contributed by atoms with Crippen LogP contribution in [0.5, 0.6) is 5.75 Å². The summed E-state index contributed by atoms with van der Waals surface area (Å²) in [4.78, 5) is 10.5. The summed E-state index contributed by atoms with van der Waals surface area (Å²) >= 11 is 9.19. The molecule has 110 valence electrons. The molecule has 2 rings (SSSR count). The SMILES string of the molecule is Cc1c(COc2ccc(CCl)cc2Br)cccc1[N+](=O)[O-]. The van der Waals surface area contributed by atoms with Gasteiger partial charge in [0.1, 0.15) is 12.4 Å². The molecule has 0 spiro atoms. The third-order valence-corrected chi connectivity index (χ3v) is 4.08. The Hall–Kier alpha value is -1.59. The highest BCUT2D eigenvalue weighted by Gasteiger charge is 2.13. The van der Waals surface area contributed by atoms with Gasteiger partial charge >= 0.3 is 0 Å². The maximum atomic E-state index is 10.9. The molecule has 4 nitrogen and oxygen atoms in total. The lowest BCUT2D eigenvalue weighted by atomic mass is 10.1. The second kappa shape index (κ2) is 6.91. The van der Waals surface area contributed by atoms with Crippen LogP contribution in [0.1, 0.15) is 16.7 Å². The van der Waals surface area contributed by atoms with Crippen LogP contribution >= 0.6 is 27.5 Å². The zero-order valence-electron chi connectivity index (χ0n) is 11.3. The Morgan fingerprint density at radius 3 is 2.71 bits per heavy atom. The van der Waals surface area contributed by atoms with E-state index in [0.29, 0.717) is 17.2 Å². The molecule has 0 amide bonds. The second-order valence-corrected chi connectivity index (χ2v) is 5.63. The van der Waals surface area contributed by atoms with Gasteiger partial charge in [-0.2, -0.15) is 0 Å². The van der Waals surface area contributed by atoms with E-state index in [1.54, 1.807) is 13.0 Å². The summed E-state index contributed by atoms with van der Waals surface area (Å²) in [6.45, 7) is 1.99. The van der Waals surface area contributed by atoms with E-state index in [0.717, 1.165) is 15.6 Å². The van der Waals surface area contributed by atoms with Gasteiger partial charge in [0.05, 0.1) is 9.40 Å². The average molecular weight is 371 g/mol. The Morgan fingerprint density at radius 2 is 2.10 bits per heavy atom. The number of nitro benzene ring substituents is 1. The Labute approximate surface area is 136 Å². The first-order valence-electron chi connectivity index (χ1n) is 6.23. The molecule has 0 aliphatic carbocycles. The first-order chi connectivity index (χ1) is 10.0. The molecular formula is C15H13BrClNO3. The third kappa shape index (κ3) is 3.74. The topological polar surface area (TPSA) is 52.4 Å². The minimum Gasteiger partial charge on any atom is -0.488 e. The Balaban J connectivity index is 2.17. The number of nitro groups is 1. The van der Waals surface area contributed by atoms with Crippen LogP contribution in [0.25, 0.3) is 0 Å². The van der Waals surface area contributed by atoms with Crippen molar-refractivity contribution < 1.29 is 9.66 Å². The minimum absolute atomic E-state index is 0.104. The number of hydrogen-bond donors (Lipinski definition) is 0. The number of alkyl halides is 1. The summed E-state index contributed by atoms with van der Waals surface area (Å²) in [5, 5.41) is 10.9. The number of hydrogen-bond acceptors (Lipinski definition) is 3. The molecule has 0 aromatic heterocycles. The summed E-state index contributed by atoms with van der Waals surface area (Å²) in [5.74, 6) is 1.11. The van der Waals surface area contributed by atoms with Crippen molar-refractivity contribution in [3.05, 3.63) is 67.7 Å². The molecule has 0 radical (unpaired) electrons.